The van der Waals surface area contributed by atoms with E-state index in [0.29, 0.717) is 43.4 Å². The Bertz CT molecular complexity index is 584. The Labute approximate surface area is 232 Å². The van der Waals surface area contributed by atoms with Gasteiger partial charge in [-0.1, -0.05) is 82.8 Å². The first kappa shape index (κ1) is 36.1. The highest BCUT2D eigenvalue weighted by molar-refractivity contribution is 5.67. The Kier molecular flexibility index (Phi) is 24.1. The molecule has 0 saturated heterocycles. The van der Waals surface area contributed by atoms with E-state index >= 15 is 0 Å². The third-order valence-corrected chi connectivity index (χ3v) is 7.56. The lowest BCUT2D eigenvalue weighted by atomic mass is 10.0. The number of allylic oxidation sites excluding steroid dienone is 2. The third kappa shape index (κ3) is 24.4. The van der Waals surface area contributed by atoms with Crippen LogP contribution in [-0.2, 0) is 14.4 Å². The van der Waals surface area contributed by atoms with E-state index in [4.69, 9.17) is 15.3 Å². The van der Waals surface area contributed by atoms with E-state index in [1.807, 2.05) is 0 Å². The molecule has 7 heteroatoms. The minimum Gasteiger partial charge on any atom is -0.481 e. The average molecular weight is 541 g/mol. The van der Waals surface area contributed by atoms with Crippen LogP contribution in [0.5, 0.6) is 0 Å². The predicted octanol–water partition coefficient (Wildman–Crippen LogP) is 7.83. The van der Waals surface area contributed by atoms with Crippen molar-refractivity contribution in [1.29, 1.82) is 0 Å². The van der Waals surface area contributed by atoms with Crippen LogP contribution in [0, 0.1) is 0 Å². The summed E-state index contributed by atoms with van der Waals surface area (Å²) in [7, 11) is 0. The van der Waals surface area contributed by atoms with Gasteiger partial charge in [0.25, 0.3) is 0 Å². The van der Waals surface area contributed by atoms with Gasteiger partial charge in [-0.15, -0.1) is 0 Å². The van der Waals surface area contributed by atoms with Crippen LogP contribution in [0.1, 0.15) is 142 Å². The summed E-state index contributed by atoms with van der Waals surface area (Å²) in [5.74, 6) is -2.47. The number of nitrogens with zero attached hydrogens (tertiary/aromatic N) is 1. The van der Waals surface area contributed by atoms with Gasteiger partial charge in [-0.3, -0.25) is 14.4 Å². The molecular formula is C31H58NO6+. The molecule has 0 radical (unpaired) electrons. The van der Waals surface area contributed by atoms with Gasteiger partial charge in [-0.05, 0) is 32.6 Å². The fraction of sp³-hybridized carbons (Fsp3) is 0.839. The van der Waals surface area contributed by atoms with E-state index in [9.17, 15) is 14.4 Å². The summed E-state index contributed by atoms with van der Waals surface area (Å²) >= 11 is 0. The highest BCUT2D eigenvalue weighted by Crippen LogP contribution is 2.19. The van der Waals surface area contributed by atoms with Gasteiger partial charge < -0.3 is 19.8 Å². The van der Waals surface area contributed by atoms with Crippen molar-refractivity contribution in [2.75, 3.05) is 26.2 Å². The minimum atomic E-state index is -0.824. The molecule has 0 fully saturated rings. The number of hydrogen-bond donors (Lipinski definition) is 3. The molecule has 0 bridgehead atoms. The lowest BCUT2D eigenvalue weighted by molar-refractivity contribution is -0.929. The van der Waals surface area contributed by atoms with Crippen LogP contribution < -0.4 is 0 Å². The predicted molar refractivity (Wildman–Crippen MR) is 154 cm³/mol. The van der Waals surface area contributed by atoms with Crippen LogP contribution in [-0.4, -0.2) is 63.9 Å². The molecule has 0 unspecified atom stereocenters. The zero-order chi connectivity index (χ0) is 28.3. The number of hydrogen-bond acceptors (Lipinski definition) is 3. The molecule has 0 aliphatic carbocycles. The number of carboxylic acid groups (broad SMARTS) is 3. The zero-order valence-electron chi connectivity index (χ0n) is 24.3. The summed E-state index contributed by atoms with van der Waals surface area (Å²) < 4.78 is 0.642. The summed E-state index contributed by atoms with van der Waals surface area (Å²) in [6.07, 6.45) is 25.5. The molecule has 0 aromatic heterocycles. The fourth-order valence-corrected chi connectivity index (χ4v) is 5.37. The largest absolute Gasteiger partial charge is 0.481 e. The Morgan fingerprint density at radius 2 is 0.763 bits per heavy atom. The topological polar surface area (TPSA) is 112 Å². The molecule has 3 N–H and O–H groups in total. The number of quaternary nitrogens is 1. The smallest absolute Gasteiger partial charge is 0.303 e. The summed E-state index contributed by atoms with van der Waals surface area (Å²) in [4.78, 5) is 33.2. The SMILES string of the molecule is C/C=C/CCCCCCCCCCCCCCCC[N+](CCCC(=O)O)(CCCC(=O)O)CCCC(=O)O. The van der Waals surface area contributed by atoms with E-state index in [1.165, 1.54) is 83.5 Å². The van der Waals surface area contributed by atoms with Crippen molar-refractivity contribution in [2.24, 2.45) is 0 Å². The molecule has 38 heavy (non-hydrogen) atoms. The number of carbonyl (C=O) groups is 3. The second-order valence-corrected chi connectivity index (χ2v) is 11.0. The lowest BCUT2D eigenvalue weighted by Crippen LogP contribution is -2.51. The summed E-state index contributed by atoms with van der Waals surface area (Å²) in [6.45, 7) is 4.96. The van der Waals surface area contributed by atoms with E-state index in [-0.39, 0.29) is 19.3 Å². The second-order valence-electron chi connectivity index (χ2n) is 11.0. The first-order chi connectivity index (χ1) is 18.3. The Hall–Kier alpha value is -1.89. The Morgan fingerprint density at radius 1 is 0.474 bits per heavy atom. The van der Waals surface area contributed by atoms with Crippen LogP contribution in [0.4, 0.5) is 0 Å². The summed E-state index contributed by atoms with van der Waals surface area (Å²) in [5.41, 5.74) is 0. The van der Waals surface area contributed by atoms with Gasteiger partial charge in [0.2, 0.25) is 0 Å². The quantitative estimate of drug-likeness (QED) is 0.0506. The van der Waals surface area contributed by atoms with Crippen LogP contribution in [0.3, 0.4) is 0 Å². The van der Waals surface area contributed by atoms with Gasteiger partial charge in [0.1, 0.15) is 0 Å². The molecule has 0 spiro atoms. The van der Waals surface area contributed by atoms with Crippen molar-refractivity contribution in [1.82, 2.24) is 0 Å². The van der Waals surface area contributed by atoms with Crippen LogP contribution >= 0.6 is 0 Å². The highest BCUT2D eigenvalue weighted by atomic mass is 16.4. The molecule has 0 saturated carbocycles. The first-order valence-electron chi connectivity index (χ1n) is 15.4. The summed E-state index contributed by atoms with van der Waals surface area (Å²) in [6, 6.07) is 0. The van der Waals surface area contributed by atoms with E-state index in [0.717, 1.165) is 19.4 Å². The lowest BCUT2D eigenvalue weighted by Gasteiger charge is -2.39. The zero-order valence-corrected chi connectivity index (χ0v) is 24.3. The molecule has 0 amide bonds. The van der Waals surface area contributed by atoms with Gasteiger partial charge in [0.15, 0.2) is 0 Å². The molecule has 0 heterocycles. The number of unbranched alkanes of at least 4 members (excludes halogenated alkanes) is 14. The monoisotopic (exact) mass is 540 g/mol. The van der Waals surface area contributed by atoms with E-state index in [2.05, 4.69) is 19.1 Å². The molecule has 0 aliphatic heterocycles. The van der Waals surface area contributed by atoms with Gasteiger partial charge in [-0.2, -0.15) is 0 Å². The highest BCUT2D eigenvalue weighted by Gasteiger charge is 2.27. The van der Waals surface area contributed by atoms with Gasteiger partial charge >= 0.3 is 17.9 Å². The first-order valence-corrected chi connectivity index (χ1v) is 15.4. The number of carboxylic acids is 3. The standard InChI is InChI=1S/C31H57NO6/c1-2-3-4-5-6-7-8-9-10-11-12-13-14-15-16-17-18-25-32(26-19-22-29(33)34,27-20-23-30(35)36)28-21-24-31(37)38/h2-3H,4-28H2,1H3,(H2-,33,34,35,36,37,38)/p+1/b3-2+. The summed E-state index contributed by atoms with van der Waals surface area (Å²) in [5, 5.41) is 27.2. The van der Waals surface area contributed by atoms with E-state index in [1.54, 1.807) is 0 Å². The van der Waals surface area contributed by atoms with Gasteiger partial charge in [-0.25, -0.2) is 0 Å². The molecule has 0 atom stereocenters. The Balaban J connectivity index is 4.19. The third-order valence-electron chi connectivity index (χ3n) is 7.56. The van der Waals surface area contributed by atoms with Crippen molar-refractivity contribution in [3.63, 3.8) is 0 Å². The van der Waals surface area contributed by atoms with Gasteiger partial charge in [0, 0.05) is 19.3 Å². The molecule has 7 nitrogen and oxygen atoms in total. The van der Waals surface area contributed by atoms with Crippen LogP contribution in [0.2, 0.25) is 0 Å². The van der Waals surface area contributed by atoms with Crippen LogP contribution in [0.15, 0.2) is 12.2 Å². The second kappa shape index (κ2) is 25.4. The average Bonchev–Trinajstić information content (AvgIpc) is 2.85. The fourth-order valence-electron chi connectivity index (χ4n) is 5.37. The number of rotatable bonds is 29. The molecule has 0 rings (SSSR count). The van der Waals surface area contributed by atoms with Crippen LogP contribution in [0.25, 0.3) is 0 Å². The molecule has 0 aliphatic rings. The van der Waals surface area contributed by atoms with Crippen molar-refractivity contribution >= 4 is 17.9 Å². The molecule has 222 valence electrons. The van der Waals surface area contributed by atoms with Gasteiger partial charge in [0.05, 0.1) is 45.4 Å². The minimum absolute atomic E-state index is 0.0920. The van der Waals surface area contributed by atoms with Crippen molar-refractivity contribution in [3.05, 3.63) is 12.2 Å². The number of aliphatic carboxylic acids is 3. The van der Waals surface area contributed by atoms with Crippen molar-refractivity contribution in [3.8, 4) is 0 Å². The maximum absolute atomic E-state index is 11.1. The molecular weight excluding hydrogens is 482 g/mol. The van der Waals surface area contributed by atoms with E-state index < -0.39 is 17.9 Å². The molecule has 0 aromatic carbocycles. The Morgan fingerprint density at radius 3 is 1.08 bits per heavy atom. The normalized spacial score (nSPS) is 11.8. The van der Waals surface area contributed by atoms with Crippen molar-refractivity contribution < 1.29 is 34.2 Å². The maximum atomic E-state index is 11.1. The molecule has 0 aromatic rings. The maximum Gasteiger partial charge on any atom is 0.303 e. The van der Waals surface area contributed by atoms with Crippen molar-refractivity contribution in [2.45, 2.75) is 142 Å².